The summed E-state index contributed by atoms with van der Waals surface area (Å²) in [6, 6.07) is -1.56. The Morgan fingerprint density at radius 1 is 1.47 bits per heavy atom. The van der Waals surface area contributed by atoms with Crippen LogP contribution in [-0.4, -0.2) is 53.4 Å². The molecule has 2 amide bonds. The Hall–Kier alpha value is -0.950. The number of carboxylic acids is 1. The molecule has 0 rings (SSSR count). The van der Waals surface area contributed by atoms with Gasteiger partial charge in [-0.25, -0.2) is 9.59 Å². The summed E-state index contributed by atoms with van der Waals surface area (Å²) in [7, 11) is 0. The monoisotopic (exact) mass is 236 g/mol. The number of thioether (sulfide) groups is 1. The van der Waals surface area contributed by atoms with Crippen LogP contribution in [0.2, 0.25) is 0 Å². The maximum Gasteiger partial charge on any atom is 0.326 e. The van der Waals surface area contributed by atoms with Gasteiger partial charge in [0.15, 0.2) is 0 Å². The van der Waals surface area contributed by atoms with Crippen molar-refractivity contribution in [2.75, 3.05) is 25.2 Å². The summed E-state index contributed by atoms with van der Waals surface area (Å²) in [6.07, 6.45) is 1.91. The average molecular weight is 236 g/mol. The molecule has 0 saturated carbocycles. The second-order valence-electron chi connectivity index (χ2n) is 2.80. The first-order chi connectivity index (χ1) is 7.11. The Bertz CT molecular complexity index is 213. The molecule has 0 bridgehead atoms. The molecule has 0 aromatic heterocycles. The van der Waals surface area contributed by atoms with Gasteiger partial charge in [-0.1, -0.05) is 0 Å². The summed E-state index contributed by atoms with van der Waals surface area (Å²) in [5.74, 6) is -0.380. The molecule has 7 heteroatoms. The largest absolute Gasteiger partial charge is 0.480 e. The number of amides is 2. The van der Waals surface area contributed by atoms with E-state index in [2.05, 4.69) is 10.6 Å². The number of urea groups is 1. The van der Waals surface area contributed by atoms with E-state index in [0.29, 0.717) is 6.54 Å². The summed E-state index contributed by atoms with van der Waals surface area (Å²) in [5, 5.41) is 22.0. The highest BCUT2D eigenvalue weighted by Gasteiger charge is 2.18. The van der Waals surface area contributed by atoms with Gasteiger partial charge < -0.3 is 20.8 Å². The molecule has 0 aliphatic rings. The van der Waals surface area contributed by atoms with Crippen LogP contribution in [0.5, 0.6) is 0 Å². The number of aliphatic carboxylic acids is 1. The number of carbonyl (C=O) groups excluding carboxylic acids is 1. The van der Waals surface area contributed by atoms with Crippen LogP contribution in [0.15, 0.2) is 0 Å². The van der Waals surface area contributed by atoms with Gasteiger partial charge in [-0.15, -0.1) is 0 Å². The predicted molar refractivity (Wildman–Crippen MR) is 58.0 cm³/mol. The molecule has 0 unspecified atom stereocenters. The van der Waals surface area contributed by atoms with E-state index in [1.54, 1.807) is 11.8 Å². The van der Waals surface area contributed by atoms with Crippen LogP contribution in [0.4, 0.5) is 4.79 Å². The second-order valence-corrected chi connectivity index (χ2v) is 3.78. The van der Waals surface area contributed by atoms with E-state index in [1.165, 1.54) is 0 Å². The van der Waals surface area contributed by atoms with E-state index in [0.717, 1.165) is 5.75 Å². The molecule has 0 saturated heterocycles. The SMILES string of the molecule is CSCCNC(=O)N[C@H](CCO)C(=O)O. The molecule has 0 aromatic rings. The highest BCUT2D eigenvalue weighted by molar-refractivity contribution is 7.98. The Morgan fingerprint density at radius 3 is 2.60 bits per heavy atom. The average Bonchev–Trinajstić information content (AvgIpc) is 2.17. The van der Waals surface area contributed by atoms with E-state index >= 15 is 0 Å². The van der Waals surface area contributed by atoms with Crippen molar-refractivity contribution >= 4 is 23.8 Å². The zero-order valence-electron chi connectivity index (χ0n) is 8.52. The number of nitrogens with one attached hydrogen (secondary N) is 2. The summed E-state index contributed by atoms with van der Waals surface area (Å²) >= 11 is 1.58. The topological polar surface area (TPSA) is 98.7 Å². The van der Waals surface area contributed by atoms with Gasteiger partial charge in [-0.3, -0.25) is 0 Å². The quantitative estimate of drug-likeness (QED) is 0.446. The molecular formula is C8H16N2O4S. The zero-order valence-corrected chi connectivity index (χ0v) is 9.34. The molecule has 0 aliphatic carbocycles. The number of aliphatic hydroxyl groups is 1. The molecular weight excluding hydrogens is 220 g/mol. The number of aliphatic hydroxyl groups excluding tert-OH is 1. The standard InChI is InChI=1S/C8H16N2O4S/c1-15-5-3-9-8(14)10-6(2-4-11)7(12)13/h6,11H,2-5H2,1H3,(H,12,13)(H2,9,10,14)/t6-/m1/s1. The molecule has 0 aliphatic heterocycles. The lowest BCUT2D eigenvalue weighted by Gasteiger charge is -2.13. The molecule has 0 aromatic carbocycles. The van der Waals surface area contributed by atoms with Crippen molar-refractivity contribution in [1.82, 2.24) is 10.6 Å². The van der Waals surface area contributed by atoms with Crippen LogP contribution in [0, 0.1) is 0 Å². The van der Waals surface area contributed by atoms with Crippen molar-refractivity contribution in [1.29, 1.82) is 0 Å². The third-order valence-corrected chi connectivity index (χ3v) is 2.23. The smallest absolute Gasteiger partial charge is 0.326 e. The number of hydrogen-bond acceptors (Lipinski definition) is 4. The van der Waals surface area contributed by atoms with Crippen LogP contribution in [-0.2, 0) is 4.79 Å². The highest BCUT2D eigenvalue weighted by atomic mass is 32.2. The first kappa shape index (κ1) is 14.1. The molecule has 0 radical (unpaired) electrons. The maximum atomic E-state index is 11.1. The van der Waals surface area contributed by atoms with Crippen molar-refractivity contribution in [2.24, 2.45) is 0 Å². The molecule has 0 fully saturated rings. The van der Waals surface area contributed by atoms with Gasteiger partial charge in [0.2, 0.25) is 0 Å². The van der Waals surface area contributed by atoms with Crippen molar-refractivity contribution in [3.05, 3.63) is 0 Å². The maximum absolute atomic E-state index is 11.1. The summed E-state index contributed by atoms with van der Waals surface area (Å²) in [4.78, 5) is 21.7. The van der Waals surface area contributed by atoms with Crippen LogP contribution in [0.3, 0.4) is 0 Å². The molecule has 4 N–H and O–H groups in total. The Labute approximate surface area is 92.4 Å². The second kappa shape index (κ2) is 8.37. The van der Waals surface area contributed by atoms with E-state index < -0.39 is 18.0 Å². The fraction of sp³-hybridized carbons (Fsp3) is 0.750. The normalized spacial score (nSPS) is 11.9. The van der Waals surface area contributed by atoms with Crippen LogP contribution >= 0.6 is 11.8 Å². The van der Waals surface area contributed by atoms with Gasteiger partial charge in [0, 0.05) is 25.3 Å². The molecule has 6 nitrogen and oxygen atoms in total. The third kappa shape index (κ3) is 7.03. The molecule has 0 heterocycles. The first-order valence-corrected chi connectivity index (χ1v) is 5.88. The van der Waals surface area contributed by atoms with Gasteiger partial charge in [-0.2, -0.15) is 11.8 Å². The number of carboxylic acid groups (broad SMARTS) is 1. The molecule has 0 spiro atoms. The summed E-state index contributed by atoms with van der Waals surface area (Å²) in [6.45, 7) is 0.209. The van der Waals surface area contributed by atoms with Crippen molar-refractivity contribution in [3.63, 3.8) is 0 Å². The van der Waals surface area contributed by atoms with E-state index in [1.807, 2.05) is 6.26 Å². The highest BCUT2D eigenvalue weighted by Crippen LogP contribution is 1.91. The Kier molecular flexibility index (Phi) is 7.84. The minimum atomic E-state index is -1.15. The fourth-order valence-electron chi connectivity index (χ4n) is 0.862. The van der Waals surface area contributed by atoms with Gasteiger partial charge in [0.25, 0.3) is 0 Å². The molecule has 15 heavy (non-hydrogen) atoms. The minimum absolute atomic E-state index is 0.00524. The fourth-order valence-corrected chi connectivity index (χ4v) is 1.17. The third-order valence-electron chi connectivity index (χ3n) is 1.61. The lowest BCUT2D eigenvalue weighted by molar-refractivity contribution is -0.139. The van der Waals surface area contributed by atoms with Gasteiger partial charge >= 0.3 is 12.0 Å². The molecule has 88 valence electrons. The summed E-state index contributed by atoms with van der Waals surface area (Å²) < 4.78 is 0. The van der Waals surface area contributed by atoms with Crippen molar-refractivity contribution in [3.8, 4) is 0 Å². The Morgan fingerprint density at radius 2 is 2.13 bits per heavy atom. The van der Waals surface area contributed by atoms with Crippen LogP contribution in [0.1, 0.15) is 6.42 Å². The summed E-state index contributed by atoms with van der Waals surface area (Å²) in [5.41, 5.74) is 0. The van der Waals surface area contributed by atoms with Crippen LogP contribution in [0.25, 0.3) is 0 Å². The van der Waals surface area contributed by atoms with Crippen LogP contribution < -0.4 is 10.6 Å². The van der Waals surface area contributed by atoms with Crippen molar-refractivity contribution < 1.29 is 19.8 Å². The zero-order chi connectivity index (χ0) is 11.7. The van der Waals surface area contributed by atoms with E-state index in [-0.39, 0.29) is 13.0 Å². The van der Waals surface area contributed by atoms with Crippen molar-refractivity contribution in [2.45, 2.75) is 12.5 Å². The lowest BCUT2D eigenvalue weighted by Crippen LogP contribution is -2.46. The lowest BCUT2D eigenvalue weighted by atomic mass is 10.2. The predicted octanol–water partition coefficient (Wildman–Crippen LogP) is -0.516. The number of rotatable bonds is 7. The number of carbonyl (C=O) groups is 2. The Balaban J connectivity index is 3.84. The molecule has 1 atom stereocenters. The number of hydrogen-bond donors (Lipinski definition) is 4. The minimum Gasteiger partial charge on any atom is -0.480 e. The van der Waals surface area contributed by atoms with Gasteiger partial charge in [0.05, 0.1) is 0 Å². The van der Waals surface area contributed by atoms with Gasteiger partial charge in [-0.05, 0) is 6.26 Å². The first-order valence-electron chi connectivity index (χ1n) is 4.48. The van der Waals surface area contributed by atoms with E-state index in [4.69, 9.17) is 10.2 Å². The van der Waals surface area contributed by atoms with Gasteiger partial charge in [0.1, 0.15) is 6.04 Å². The van der Waals surface area contributed by atoms with E-state index in [9.17, 15) is 9.59 Å².